The number of unbranched alkanes of at least 4 members (excludes halogenated alkanes) is 20. The lowest BCUT2D eigenvalue weighted by molar-refractivity contribution is -0.290. The lowest BCUT2D eigenvalue weighted by Gasteiger charge is -2.22. The fourth-order valence-electron chi connectivity index (χ4n) is 5.37. The molecular weight excluding hydrogens is 600 g/mol. The van der Waals surface area contributed by atoms with Crippen molar-refractivity contribution >= 4 is 11.9 Å². The summed E-state index contributed by atoms with van der Waals surface area (Å²) in [6.45, 7) is 5.79. The summed E-state index contributed by atoms with van der Waals surface area (Å²) >= 11 is 0. The Morgan fingerprint density at radius 2 is 0.957 bits per heavy atom. The van der Waals surface area contributed by atoms with Crippen molar-refractivity contribution in [3.63, 3.8) is 0 Å². The van der Waals surface area contributed by atoms with E-state index < -0.39 is 12.2 Å². The van der Waals surface area contributed by atoms with Gasteiger partial charge in [-0.1, -0.05) is 142 Å². The van der Waals surface area contributed by atoms with E-state index in [4.69, 9.17) is 33.5 Å². The highest BCUT2D eigenvalue weighted by Gasteiger charge is 2.21. The standard InChI is InChI=1S/C38H74O9/c1-5-7-9-11-13-15-17-19-21-23-25-27-37(39)45-33-36(32-44-35(34-46-42-4)31-43-30-29-41-3)47-38(40)28-26-24-22-20-18-16-14-12-10-8-6-2/h35-36H,5-34H2,1-4H3. The lowest BCUT2D eigenvalue weighted by Crippen LogP contribution is -2.34. The zero-order chi connectivity index (χ0) is 34.5. The van der Waals surface area contributed by atoms with E-state index in [0.29, 0.717) is 26.1 Å². The molecule has 0 saturated heterocycles. The molecule has 9 heteroatoms. The molecule has 0 amide bonds. The number of esters is 2. The maximum atomic E-state index is 12.7. The zero-order valence-corrected chi connectivity index (χ0v) is 31.0. The summed E-state index contributed by atoms with van der Waals surface area (Å²) in [5.41, 5.74) is 0. The summed E-state index contributed by atoms with van der Waals surface area (Å²) < 4.78 is 27.8. The van der Waals surface area contributed by atoms with Crippen LogP contribution in [0.1, 0.15) is 168 Å². The Labute approximate surface area is 288 Å². The van der Waals surface area contributed by atoms with Crippen LogP contribution in [0.3, 0.4) is 0 Å². The first-order valence-electron chi connectivity index (χ1n) is 19.3. The third kappa shape index (κ3) is 34.4. The van der Waals surface area contributed by atoms with Gasteiger partial charge in [0.1, 0.15) is 19.3 Å². The number of hydrogen-bond acceptors (Lipinski definition) is 9. The van der Waals surface area contributed by atoms with Gasteiger partial charge >= 0.3 is 11.9 Å². The molecule has 0 N–H and O–H groups in total. The fraction of sp³-hybridized carbons (Fsp3) is 0.947. The molecule has 0 aromatic heterocycles. The minimum absolute atomic E-state index is 0.0384. The second-order valence-corrected chi connectivity index (χ2v) is 12.8. The summed E-state index contributed by atoms with van der Waals surface area (Å²) in [7, 11) is 3.04. The first-order chi connectivity index (χ1) is 23.1. The smallest absolute Gasteiger partial charge is 0.306 e. The first kappa shape index (κ1) is 45.7. The molecule has 0 spiro atoms. The van der Waals surface area contributed by atoms with Gasteiger partial charge < -0.3 is 23.7 Å². The van der Waals surface area contributed by atoms with Gasteiger partial charge in [0.2, 0.25) is 0 Å². The molecule has 0 rings (SSSR count). The van der Waals surface area contributed by atoms with Crippen LogP contribution in [0.2, 0.25) is 0 Å². The van der Waals surface area contributed by atoms with E-state index in [0.717, 1.165) is 38.5 Å². The average molecular weight is 675 g/mol. The normalized spacial score (nSPS) is 12.7. The Hall–Kier alpha value is -1.26. The highest BCUT2D eigenvalue weighted by molar-refractivity contribution is 5.70. The van der Waals surface area contributed by atoms with E-state index in [1.54, 1.807) is 7.11 Å². The number of hydrogen-bond donors (Lipinski definition) is 0. The molecule has 2 unspecified atom stereocenters. The quantitative estimate of drug-likeness (QED) is 0.0274. The largest absolute Gasteiger partial charge is 0.462 e. The predicted molar refractivity (Wildman–Crippen MR) is 188 cm³/mol. The van der Waals surface area contributed by atoms with Crippen LogP contribution in [0.4, 0.5) is 0 Å². The second-order valence-electron chi connectivity index (χ2n) is 12.8. The van der Waals surface area contributed by atoms with Crippen LogP contribution in [0.25, 0.3) is 0 Å². The molecule has 280 valence electrons. The number of rotatable bonds is 38. The van der Waals surface area contributed by atoms with Gasteiger partial charge in [-0.3, -0.25) is 9.59 Å². The Morgan fingerprint density at radius 3 is 1.43 bits per heavy atom. The molecular formula is C38H74O9. The van der Waals surface area contributed by atoms with Crippen LogP contribution >= 0.6 is 0 Å². The van der Waals surface area contributed by atoms with Gasteiger partial charge in [0.05, 0.1) is 33.5 Å². The van der Waals surface area contributed by atoms with E-state index in [2.05, 4.69) is 13.8 Å². The van der Waals surface area contributed by atoms with Crippen molar-refractivity contribution in [3.8, 4) is 0 Å². The predicted octanol–water partition coefficient (Wildman–Crippen LogP) is 9.47. The van der Waals surface area contributed by atoms with Crippen molar-refractivity contribution in [2.24, 2.45) is 0 Å². The van der Waals surface area contributed by atoms with Gasteiger partial charge in [-0.25, -0.2) is 9.78 Å². The van der Waals surface area contributed by atoms with Crippen LogP contribution in [-0.4, -0.2) is 78.0 Å². The molecule has 0 aromatic carbocycles. The number of carbonyl (C=O) groups excluding carboxylic acids is 2. The van der Waals surface area contributed by atoms with Crippen LogP contribution in [-0.2, 0) is 43.0 Å². The SMILES string of the molecule is CCCCCCCCCCCCCC(=O)OCC(COC(COCCOC)COOC)OC(=O)CCCCCCCCCCCCC. The highest BCUT2D eigenvalue weighted by Crippen LogP contribution is 2.14. The number of ether oxygens (including phenoxy) is 5. The van der Waals surface area contributed by atoms with Crippen LogP contribution in [0.15, 0.2) is 0 Å². The van der Waals surface area contributed by atoms with E-state index in [-0.39, 0.29) is 38.4 Å². The third-order valence-electron chi connectivity index (χ3n) is 8.32. The summed E-state index contributed by atoms with van der Waals surface area (Å²) in [5, 5.41) is 0. The maximum absolute atomic E-state index is 12.7. The summed E-state index contributed by atoms with van der Waals surface area (Å²) in [5.74, 6) is -0.563. The lowest BCUT2D eigenvalue weighted by atomic mass is 10.1. The monoisotopic (exact) mass is 675 g/mol. The van der Waals surface area contributed by atoms with Crippen molar-refractivity contribution in [3.05, 3.63) is 0 Å². The van der Waals surface area contributed by atoms with E-state index in [9.17, 15) is 9.59 Å². The minimum atomic E-state index is -0.708. The van der Waals surface area contributed by atoms with Crippen molar-refractivity contribution in [2.45, 2.75) is 180 Å². The van der Waals surface area contributed by atoms with E-state index >= 15 is 0 Å². The van der Waals surface area contributed by atoms with Crippen LogP contribution < -0.4 is 0 Å². The second kappa shape index (κ2) is 37.6. The molecule has 0 aliphatic rings. The molecule has 9 nitrogen and oxygen atoms in total. The molecule has 0 saturated carbocycles. The molecule has 0 aromatic rings. The van der Waals surface area contributed by atoms with Gasteiger partial charge in [-0.15, -0.1) is 0 Å². The van der Waals surface area contributed by atoms with Crippen LogP contribution in [0.5, 0.6) is 0 Å². The van der Waals surface area contributed by atoms with Gasteiger partial charge in [0.25, 0.3) is 0 Å². The van der Waals surface area contributed by atoms with E-state index in [1.807, 2.05) is 0 Å². The molecule has 0 bridgehead atoms. The molecule has 0 aliphatic carbocycles. The molecule has 0 heterocycles. The van der Waals surface area contributed by atoms with Gasteiger partial charge in [-0.05, 0) is 12.8 Å². The first-order valence-corrected chi connectivity index (χ1v) is 19.3. The Bertz CT molecular complexity index is 661. The summed E-state index contributed by atoms with van der Waals surface area (Å²) in [6.07, 6.45) is 26.4. The van der Waals surface area contributed by atoms with Crippen molar-refractivity contribution in [2.75, 3.05) is 53.9 Å². The summed E-state index contributed by atoms with van der Waals surface area (Å²) in [6, 6.07) is 0. The topological polar surface area (TPSA) is 98.8 Å². The van der Waals surface area contributed by atoms with Crippen molar-refractivity contribution < 1.29 is 43.0 Å². The Morgan fingerprint density at radius 1 is 0.489 bits per heavy atom. The molecule has 0 radical (unpaired) electrons. The Kier molecular flexibility index (Phi) is 36.5. The van der Waals surface area contributed by atoms with Gasteiger partial charge in [0.15, 0.2) is 6.10 Å². The van der Waals surface area contributed by atoms with Gasteiger partial charge in [-0.2, -0.15) is 0 Å². The average Bonchev–Trinajstić information content (AvgIpc) is 3.07. The van der Waals surface area contributed by atoms with Gasteiger partial charge in [0, 0.05) is 20.0 Å². The zero-order valence-electron chi connectivity index (χ0n) is 31.0. The summed E-state index contributed by atoms with van der Waals surface area (Å²) in [4.78, 5) is 35.0. The molecule has 0 fully saturated rings. The molecule has 0 aliphatic heterocycles. The number of carbonyl (C=O) groups is 2. The maximum Gasteiger partial charge on any atom is 0.306 e. The van der Waals surface area contributed by atoms with E-state index in [1.165, 1.54) is 110 Å². The fourth-order valence-corrected chi connectivity index (χ4v) is 5.37. The Balaban J connectivity index is 4.50. The van der Waals surface area contributed by atoms with Crippen LogP contribution in [0, 0.1) is 0 Å². The molecule has 2 atom stereocenters. The minimum Gasteiger partial charge on any atom is -0.462 e. The highest BCUT2D eigenvalue weighted by atomic mass is 17.2. The number of methoxy groups -OCH3 is 1. The van der Waals surface area contributed by atoms with Crippen molar-refractivity contribution in [1.82, 2.24) is 0 Å². The van der Waals surface area contributed by atoms with Crippen molar-refractivity contribution in [1.29, 1.82) is 0 Å². The third-order valence-corrected chi connectivity index (χ3v) is 8.32. The molecule has 47 heavy (non-hydrogen) atoms.